The number of anilines is 1. The van der Waals surface area contributed by atoms with Crippen molar-refractivity contribution >= 4 is 40.1 Å². The third-order valence-corrected chi connectivity index (χ3v) is 3.79. The number of benzene rings is 2. The molecule has 3 rings (SSSR count). The zero-order valence-corrected chi connectivity index (χ0v) is 13.7. The summed E-state index contributed by atoms with van der Waals surface area (Å²) in [5.41, 5.74) is 2.09. The lowest BCUT2D eigenvalue weighted by Crippen LogP contribution is -2.19. The smallest absolute Gasteiger partial charge is 0.291 e. The summed E-state index contributed by atoms with van der Waals surface area (Å²) >= 11 is 5.93. The van der Waals surface area contributed by atoms with Gasteiger partial charge in [0.05, 0.1) is 6.42 Å². The zero-order valence-electron chi connectivity index (χ0n) is 12.9. The minimum absolute atomic E-state index is 0.0623. The van der Waals surface area contributed by atoms with Crippen molar-refractivity contribution < 1.29 is 14.0 Å². The van der Waals surface area contributed by atoms with Crippen LogP contribution in [0.2, 0.25) is 5.02 Å². The van der Waals surface area contributed by atoms with E-state index in [1.165, 1.54) is 0 Å². The molecule has 1 aromatic heterocycles. The number of fused-ring (bicyclic) bond motifs is 1. The van der Waals surface area contributed by atoms with Gasteiger partial charge in [0.15, 0.2) is 5.76 Å². The quantitative estimate of drug-likeness (QED) is 0.760. The predicted octanol–water partition coefficient (Wildman–Crippen LogP) is 3.63. The monoisotopic (exact) mass is 342 g/mol. The number of furan rings is 1. The summed E-state index contributed by atoms with van der Waals surface area (Å²) in [5.74, 6) is -0.198. The molecule has 0 saturated carbocycles. The molecule has 2 aromatic carbocycles. The maximum atomic E-state index is 12.3. The Balaban J connectivity index is 1.72. The van der Waals surface area contributed by atoms with Crippen LogP contribution in [0.5, 0.6) is 0 Å². The fraction of sp³-hybridized carbons (Fsp3) is 0.111. The molecule has 0 spiro atoms. The maximum absolute atomic E-state index is 12.3. The first-order valence-electron chi connectivity index (χ1n) is 7.35. The van der Waals surface area contributed by atoms with Gasteiger partial charge in [0.2, 0.25) is 5.91 Å². The Morgan fingerprint density at radius 2 is 1.83 bits per heavy atom. The molecule has 0 unspecified atom stereocenters. The van der Waals surface area contributed by atoms with E-state index in [0.717, 1.165) is 10.9 Å². The molecule has 122 valence electrons. The average molecular weight is 343 g/mol. The van der Waals surface area contributed by atoms with Gasteiger partial charge in [-0.1, -0.05) is 23.7 Å². The molecule has 1 heterocycles. The maximum Gasteiger partial charge on any atom is 0.291 e. The third-order valence-electron chi connectivity index (χ3n) is 3.56. The molecule has 0 atom stereocenters. The first kappa shape index (κ1) is 16.1. The number of halogens is 1. The Morgan fingerprint density at radius 3 is 2.54 bits per heavy atom. The van der Waals surface area contributed by atoms with Crippen molar-refractivity contribution in [1.82, 2.24) is 5.32 Å². The van der Waals surface area contributed by atoms with Crippen LogP contribution in [0.1, 0.15) is 16.1 Å². The Morgan fingerprint density at radius 1 is 1.08 bits per heavy atom. The lowest BCUT2D eigenvalue weighted by atomic mass is 10.1. The number of amides is 2. The number of hydrogen-bond donors (Lipinski definition) is 2. The van der Waals surface area contributed by atoms with Crippen LogP contribution in [0.4, 0.5) is 5.69 Å². The van der Waals surface area contributed by atoms with Crippen molar-refractivity contribution in [3.63, 3.8) is 0 Å². The summed E-state index contributed by atoms with van der Waals surface area (Å²) in [6.45, 7) is 0. The summed E-state index contributed by atoms with van der Waals surface area (Å²) in [4.78, 5) is 23.6. The SMILES string of the molecule is CNC(=O)Cc1ccc(NC(=O)c2cc3cc(Cl)ccc3o2)cc1. The number of hydrogen-bond acceptors (Lipinski definition) is 3. The molecule has 2 N–H and O–H groups in total. The molecule has 0 aliphatic carbocycles. The highest BCUT2D eigenvalue weighted by Gasteiger charge is 2.13. The lowest BCUT2D eigenvalue weighted by molar-refractivity contribution is -0.119. The molecule has 24 heavy (non-hydrogen) atoms. The van der Waals surface area contributed by atoms with Gasteiger partial charge in [0.1, 0.15) is 5.58 Å². The molecule has 0 fully saturated rings. The first-order chi connectivity index (χ1) is 11.5. The first-order valence-corrected chi connectivity index (χ1v) is 7.73. The van der Waals surface area contributed by atoms with Gasteiger partial charge in [-0.15, -0.1) is 0 Å². The molecule has 0 saturated heterocycles. The van der Waals surface area contributed by atoms with E-state index < -0.39 is 0 Å². The Kier molecular flexibility index (Phi) is 4.53. The molecule has 0 aliphatic heterocycles. The van der Waals surface area contributed by atoms with Gasteiger partial charge >= 0.3 is 0 Å². The molecule has 5 nitrogen and oxygen atoms in total. The van der Waals surface area contributed by atoms with Crippen LogP contribution in [0.15, 0.2) is 52.9 Å². The van der Waals surface area contributed by atoms with Crippen molar-refractivity contribution in [2.75, 3.05) is 12.4 Å². The second kappa shape index (κ2) is 6.76. The fourth-order valence-electron chi connectivity index (χ4n) is 2.30. The summed E-state index contributed by atoms with van der Waals surface area (Å²) in [6, 6.07) is 13.9. The molecule has 2 amide bonds. The van der Waals surface area contributed by atoms with E-state index in [1.54, 1.807) is 55.6 Å². The van der Waals surface area contributed by atoms with Crippen molar-refractivity contribution in [3.8, 4) is 0 Å². The average Bonchev–Trinajstić information content (AvgIpc) is 2.99. The van der Waals surface area contributed by atoms with Crippen LogP contribution in [0, 0.1) is 0 Å². The number of carbonyl (C=O) groups excluding carboxylic acids is 2. The van der Waals surface area contributed by atoms with E-state index in [0.29, 0.717) is 22.7 Å². The van der Waals surface area contributed by atoms with Gasteiger partial charge in [-0.3, -0.25) is 9.59 Å². The number of nitrogens with one attached hydrogen (secondary N) is 2. The van der Waals surface area contributed by atoms with Crippen LogP contribution in [0.25, 0.3) is 11.0 Å². The van der Waals surface area contributed by atoms with Gasteiger partial charge in [0, 0.05) is 23.1 Å². The van der Waals surface area contributed by atoms with Crippen molar-refractivity contribution in [1.29, 1.82) is 0 Å². The number of likely N-dealkylation sites (N-methyl/N-ethyl adjacent to an activating group) is 1. The van der Waals surface area contributed by atoms with Crippen LogP contribution in [-0.4, -0.2) is 18.9 Å². The van der Waals surface area contributed by atoms with E-state index in [9.17, 15) is 9.59 Å². The molecule has 6 heteroatoms. The largest absolute Gasteiger partial charge is 0.451 e. The highest BCUT2D eigenvalue weighted by atomic mass is 35.5. The van der Waals surface area contributed by atoms with Gasteiger partial charge < -0.3 is 15.1 Å². The molecule has 0 radical (unpaired) electrons. The standard InChI is InChI=1S/C18H15ClN2O3/c1-20-17(22)8-11-2-5-14(6-3-11)21-18(23)16-10-12-9-13(19)4-7-15(12)24-16/h2-7,9-10H,8H2,1H3,(H,20,22)(H,21,23). The highest BCUT2D eigenvalue weighted by molar-refractivity contribution is 6.31. The Bertz CT molecular complexity index is 900. The summed E-state index contributed by atoms with van der Waals surface area (Å²) in [7, 11) is 1.59. The second-order valence-corrected chi connectivity index (χ2v) is 5.73. The van der Waals surface area contributed by atoms with E-state index >= 15 is 0 Å². The molecule has 0 bridgehead atoms. The fourth-order valence-corrected chi connectivity index (χ4v) is 2.48. The van der Waals surface area contributed by atoms with E-state index in [1.807, 2.05) is 0 Å². The molecular weight excluding hydrogens is 328 g/mol. The third kappa shape index (κ3) is 3.58. The summed E-state index contributed by atoms with van der Waals surface area (Å²) in [5, 5.41) is 6.69. The van der Waals surface area contributed by atoms with Crippen molar-refractivity contribution in [2.45, 2.75) is 6.42 Å². The van der Waals surface area contributed by atoms with Crippen LogP contribution < -0.4 is 10.6 Å². The van der Waals surface area contributed by atoms with E-state index in [4.69, 9.17) is 16.0 Å². The predicted molar refractivity (Wildman–Crippen MR) is 93.4 cm³/mol. The van der Waals surface area contributed by atoms with Crippen LogP contribution in [-0.2, 0) is 11.2 Å². The normalized spacial score (nSPS) is 10.6. The van der Waals surface area contributed by atoms with Crippen LogP contribution in [0.3, 0.4) is 0 Å². The number of rotatable bonds is 4. The molecular formula is C18H15ClN2O3. The molecule has 3 aromatic rings. The summed E-state index contributed by atoms with van der Waals surface area (Å²) in [6.07, 6.45) is 0.301. The van der Waals surface area contributed by atoms with Gasteiger partial charge in [-0.25, -0.2) is 0 Å². The zero-order chi connectivity index (χ0) is 17.1. The highest BCUT2D eigenvalue weighted by Crippen LogP contribution is 2.23. The minimum atomic E-state index is -0.346. The van der Waals surface area contributed by atoms with Gasteiger partial charge in [0.25, 0.3) is 5.91 Å². The van der Waals surface area contributed by atoms with Crippen molar-refractivity contribution in [2.24, 2.45) is 0 Å². The van der Waals surface area contributed by atoms with Crippen LogP contribution >= 0.6 is 11.6 Å². The van der Waals surface area contributed by atoms with Gasteiger partial charge in [-0.05, 0) is 42.0 Å². The van der Waals surface area contributed by atoms with Gasteiger partial charge in [-0.2, -0.15) is 0 Å². The van der Waals surface area contributed by atoms with E-state index in [-0.39, 0.29) is 17.6 Å². The van der Waals surface area contributed by atoms with E-state index in [2.05, 4.69) is 10.6 Å². The lowest BCUT2D eigenvalue weighted by Gasteiger charge is -2.05. The second-order valence-electron chi connectivity index (χ2n) is 5.29. The number of carbonyl (C=O) groups is 2. The summed E-state index contributed by atoms with van der Waals surface area (Å²) < 4.78 is 5.52. The Hall–Kier alpha value is -2.79. The minimum Gasteiger partial charge on any atom is -0.451 e. The molecule has 0 aliphatic rings. The van der Waals surface area contributed by atoms with Crippen molar-refractivity contribution in [3.05, 3.63) is 64.9 Å². The topological polar surface area (TPSA) is 71.3 Å². The Labute approximate surface area is 143 Å².